The molecule has 3 nitrogen and oxygen atoms in total. The van der Waals surface area contributed by atoms with E-state index >= 15 is 0 Å². The minimum Gasteiger partial charge on any atom is -0.330 e. The minimum absolute atomic E-state index is 0.132. The zero-order valence-corrected chi connectivity index (χ0v) is 11.3. The summed E-state index contributed by atoms with van der Waals surface area (Å²) in [6, 6.07) is 0.741. The van der Waals surface area contributed by atoms with Gasteiger partial charge >= 0.3 is 0 Å². The van der Waals surface area contributed by atoms with Gasteiger partial charge < -0.3 is 10.3 Å². The van der Waals surface area contributed by atoms with Crippen LogP contribution in [0.5, 0.6) is 0 Å². The fourth-order valence-electron chi connectivity index (χ4n) is 2.78. The maximum absolute atomic E-state index is 6.14. The van der Waals surface area contributed by atoms with E-state index in [-0.39, 0.29) is 6.04 Å². The van der Waals surface area contributed by atoms with Crippen molar-refractivity contribution in [2.24, 2.45) is 11.1 Å². The normalized spacial score (nSPS) is 22.6. The van der Waals surface area contributed by atoms with Crippen LogP contribution in [-0.4, -0.2) is 9.55 Å². The SMILES string of the molecule is CC[C@@H](N)c1cncn1C1CCC(C)(C)CC1. The Morgan fingerprint density at radius 3 is 2.71 bits per heavy atom. The van der Waals surface area contributed by atoms with Crippen LogP contribution in [0.15, 0.2) is 12.5 Å². The number of nitrogens with zero attached hydrogens (tertiary/aromatic N) is 2. The van der Waals surface area contributed by atoms with Gasteiger partial charge in [-0.1, -0.05) is 20.8 Å². The number of nitrogens with two attached hydrogens (primary N) is 1. The standard InChI is InChI=1S/C14H25N3/c1-4-12(15)13-9-16-10-17(13)11-5-7-14(2,3)8-6-11/h9-12H,4-8,15H2,1-3H3/t12-/m1/s1. The molecule has 0 unspecified atom stereocenters. The molecule has 2 N–H and O–H groups in total. The second-order valence-corrected chi connectivity index (χ2v) is 6.14. The summed E-state index contributed by atoms with van der Waals surface area (Å²) < 4.78 is 2.32. The maximum Gasteiger partial charge on any atom is 0.0951 e. The molecule has 0 amide bonds. The molecule has 3 heteroatoms. The van der Waals surface area contributed by atoms with E-state index in [1.807, 2.05) is 12.5 Å². The molecule has 1 aromatic heterocycles. The zero-order valence-electron chi connectivity index (χ0n) is 11.3. The molecule has 0 aromatic carbocycles. The molecule has 0 saturated heterocycles. The molecule has 0 aliphatic heterocycles. The molecule has 17 heavy (non-hydrogen) atoms. The van der Waals surface area contributed by atoms with Crippen molar-refractivity contribution in [1.82, 2.24) is 9.55 Å². The van der Waals surface area contributed by atoms with Crippen LogP contribution in [0.25, 0.3) is 0 Å². The first-order valence-electron chi connectivity index (χ1n) is 6.81. The van der Waals surface area contributed by atoms with Crippen LogP contribution in [0.2, 0.25) is 0 Å². The quantitative estimate of drug-likeness (QED) is 0.872. The van der Waals surface area contributed by atoms with E-state index in [1.54, 1.807) is 0 Å². The van der Waals surface area contributed by atoms with Crippen LogP contribution in [0.3, 0.4) is 0 Å². The Labute approximate surface area is 104 Å². The van der Waals surface area contributed by atoms with Gasteiger partial charge in [0.25, 0.3) is 0 Å². The fourth-order valence-corrected chi connectivity index (χ4v) is 2.78. The molecule has 0 spiro atoms. The first kappa shape index (κ1) is 12.6. The van der Waals surface area contributed by atoms with Gasteiger partial charge in [-0.15, -0.1) is 0 Å². The van der Waals surface area contributed by atoms with Crippen molar-refractivity contribution in [2.45, 2.75) is 65.0 Å². The largest absolute Gasteiger partial charge is 0.330 e. The van der Waals surface area contributed by atoms with E-state index in [2.05, 4.69) is 30.3 Å². The highest BCUT2D eigenvalue weighted by Crippen LogP contribution is 2.40. The third kappa shape index (κ3) is 2.71. The van der Waals surface area contributed by atoms with E-state index in [0.29, 0.717) is 11.5 Å². The van der Waals surface area contributed by atoms with Crippen molar-refractivity contribution in [3.05, 3.63) is 18.2 Å². The molecular formula is C14H25N3. The van der Waals surface area contributed by atoms with Crippen molar-refractivity contribution in [2.75, 3.05) is 0 Å². The van der Waals surface area contributed by atoms with Crippen LogP contribution < -0.4 is 5.73 Å². The number of hydrogen-bond acceptors (Lipinski definition) is 2. The lowest BCUT2D eigenvalue weighted by molar-refractivity contribution is 0.191. The van der Waals surface area contributed by atoms with E-state index in [1.165, 1.54) is 31.4 Å². The van der Waals surface area contributed by atoms with Crippen molar-refractivity contribution in [3.8, 4) is 0 Å². The number of aromatic nitrogens is 2. The number of rotatable bonds is 3. The first-order chi connectivity index (χ1) is 8.03. The predicted octanol–water partition coefficient (Wildman–Crippen LogP) is 3.43. The average molecular weight is 235 g/mol. The van der Waals surface area contributed by atoms with E-state index in [4.69, 9.17) is 5.73 Å². The molecule has 1 heterocycles. The van der Waals surface area contributed by atoms with Gasteiger partial charge in [-0.05, 0) is 37.5 Å². The summed E-state index contributed by atoms with van der Waals surface area (Å²) >= 11 is 0. The van der Waals surface area contributed by atoms with Crippen molar-refractivity contribution in [1.29, 1.82) is 0 Å². The Kier molecular flexibility index (Phi) is 3.57. The molecule has 1 aromatic rings. The molecule has 2 rings (SSSR count). The fraction of sp³-hybridized carbons (Fsp3) is 0.786. The number of imidazole rings is 1. The summed E-state index contributed by atoms with van der Waals surface area (Å²) in [7, 11) is 0. The molecular weight excluding hydrogens is 210 g/mol. The molecule has 1 saturated carbocycles. The summed E-state index contributed by atoms with van der Waals surface area (Å²) in [6.07, 6.45) is 10.00. The molecule has 0 bridgehead atoms. The highest BCUT2D eigenvalue weighted by Gasteiger charge is 2.28. The van der Waals surface area contributed by atoms with Gasteiger partial charge in [0.1, 0.15) is 0 Å². The van der Waals surface area contributed by atoms with Crippen LogP contribution in [0.1, 0.15) is 70.7 Å². The molecule has 96 valence electrons. The molecule has 0 radical (unpaired) electrons. The Bertz CT molecular complexity index is 357. The summed E-state index contributed by atoms with van der Waals surface area (Å²) in [4.78, 5) is 4.29. The van der Waals surface area contributed by atoms with Crippen molar-refractivity contribution >= 4 is 0 Å². The predicted molar refractivity (Wildman–Crippen MR) is 70.7 cm³/mol. The van der Waals surface area contributed by atoms with Gasteiger partial charge in [0.2, 0.25) is 0 Å². The zero-order chi connectivity index (χ0) is 12.5. The summed E-state index contributed by atoms with van der Waals surface area (Å²) in [6.45, 7) is 6.87. The lowest BCUT2D eigenvalue weighted by Gasteiger charge is -2.35. The topological polar surface area (TPSA) is 43.8 Å². The summed E-state index contributed by atoms with van der Waals surface area (Å²) in [5.41, 5.74) is 7.86. The molecule has 1 atom stereocenters. The van der Waals surface area contributed by atoms with Crippen molar-refractivity contribution in [3.63, 3.8) is 0 Å². The van der Waals surface area contributed by atoms with E-state index < -0.39 is 0 Å². The molecule has 1 fully saturated rings. The Hall–Kier alpha value is -0.830. The number of hydrogen-bond donors (Lipinski definition) is 1. The minimum atomic E-state index is 0.132. The smallest absolute Gasteiger partial charge is 0.0951 e. The van der Waals surface area contributed by atoms with Gasteiger partial charge in [0.15, 0.2) is 0 Å². The lowest BCUT2D eigenvalue weighted by atomic mass is 9.75. The summed E-state index contributed by atoms with van der Waals surface area (Å²) in [5.74, 6) is 0. The average Bonchev–Trinajstić information content (AvgIpc) is 2.77. The van der Waals surface area contributed by atoms with Crippen LogP contribution in [0.4, 0.5) is 0 Å². The van der Waals surface area contributed by atoms with E-state index in [9.17, 15) is 0 Å². The first-order valence-corrected chi connectivity index (χ1v) is 6.81. The Morgan fingerprint density at radius 1 is 1.47 bits per heavy atom. The second-order valence-electron chi connectivity index (χ2n) is 6.14. The second kappa shape index (κ2) is 4.81. The van der Waals surface area contributed by atoms with Gasteiger partial charge in [-0.2, -0.15) is 0 Å². The van der Waals surface area contributed by atoms with Gasteiger partial charge in [-0.3, -0.25) is 0 Å². The summed E-state index contributed by atoms with van der Waals surface area (Å²) in [5, 5.41) is 0. The molecule has 1 aliphatic carbocycles. The Morgan fingerprint density at radius 2 is 2.12 bits per heavy atom. The van der Waals surface area contributed by atoms with Gasteiger partial charge in [-0.25, -0.2) is 4.98 Å². The van der Waals surface area contributed by atoms with E-state index in [0.717, 1.165) is 6.42 Å². The lowest BCUT2D eigenvalue weighted by Crippen LogP contribution is -2.25. The van der Waals surface area contributed by atoms with Crippen molar-refractivity contribution < 1.29 is 0 Å². The third-order valence-corrected chi connectivity index (χ3v) is 4.22. The van der Waals surface area contributed by atoms with Gasteiger partial charge in [0, 0.05) is 18.3 Å². The van der Waals surface area contributed by atoms with Crippen LogP contribution >= 0.6 is 0 Å². The third-order valence-electron chi connectivity index (χ3n) is 4.22. The monoisotopic (exact) mass is 235 g/mol. The highest BCUT2D eigenvalue weighted by atomic mass is 15.1. The van der Waals surface area contributed by atoms with Crippen LogP contribution in [-0.2, 0) is 0 Å². The molecule has 1 aliphatic rings. The highest BCUT2D eigenvalue weighted by molar-refractivity contribution is 5.06. The van der Waals surface area contributed by atoms with Crippen LogP contribution in [0, 0.1) is 5.41 Å². The Balaban J connectivity index is 2.11. The maximum atomic E-state index is 6.14. The van der Waals surface area contributed by atoms with Gasteiger partial charge in [0.05, 0.1) is 12.0 Å².